The van der Waals surface area contributed by atoms with Crippen molar-refractivity contribution < 1.29 is 0 Å². The molecule has 1 aromatic rings. The number of nitrogens with zero attached hydrogens (tertiary/aromatic N) is 2. The highest BCUT2D eigenvalue weighted by Gasteiger charge is 2.22. The molecule has 1 aromatic heterocycles. The van der Waals surface area contributed by atoms with Gasteiger partial charge in [0.25, 0.3) is 5.56 Å². The summed E-state index contributed by atoms with van der Waals surface area (Å²) in [5, 5.41) is 0. The molecular weight excluding hydrogens is 262 g/mol. The highest BCUT2D eigenvalue weighted by atomic mass is 16.1. The van der Waals surface area contributed by atoms with Crippen molar-refractivity contribution in [3.63, 3.8) is 0 Å². The summed E-state index contributed by atoms with van der Waals surface area (Å²) in [5.74, 6) is 0.599. The fraction of sp³-hybridized carbons (Fsp3) is 0.706. The SMILES string of the molecule is CCN1CCc2c(cc(C(C)N)c(=O)n2CCC(C)C)C1. The maximum absolute atomic E-state index is 12.7. The van der Waals surface area contributed by atoms with Crippen molar-refractivity contribution in [1.82, 2.24) is 9.47 Å². The van der Waals surface area contributed by atoms with Crippen LogP contribution in [0.3, 0.4) is 0 Å². The Morgan fingerprint density at radius 3 is 2.62 bits per heavy atom. The molecule has 4 heteroatoms. The van der Waals surface area contributed by atoms with Crippen molar-refractivity contribution in [2.24, 2.45) is 11.7 Å². The van der Waals surface area contributed by atoms with E-state index >= 15 is 0 Å². The fourth-order valence-electron chi connectivity index (χ4n) is 3.02. The largest absolute Gasteiger partial charge is 0.324 e. The van der Waals surface area contributed by atoms with Gasteiger partial charge in [-0.05, 0) is 37.4 Å². The van der Waals surface area contributed by atoms with Crippen molar-refractivity contribution in [3.8, 4) is 0 Å². The van der Waals surface area contributed by atoms with Gasteiger partial charge in [0.15, 0.2) is 0 Å². The average molecular weight is 291 g/mol. The maximum atomic E-state index is 12.7. The molecule has 0 saturated carbocycles. The van der Waals surface area contributed by atoms with Crippen LogP contribution >= 0.6 is 0 Å². The van der Waals surface area contributed by atoms with Crippen molar-refractivity contribution in [2.45, 2.75) is 59.7 Å². The van der Waals surface area contributed by atoms with Crippen LogP contribution in [0.15, 0.2) is 10.9 Å². The van der Waals surface area contributed by atoms with Gasteiger partial charge in [0.05, 0.1) is 0 Å². The van der Waals surface area contributed by atoms with Crippen LogP contribution in [0.25, 0.3) is 0 Å². The van der Waals surface area contributed by atoms with E-state index in [2.05, 4.69) is 31.7 Å². The molecule has 2 heterocycles. The Hall–Kier alpha value is -1.13. The lowest BCUT2D eigenvalue weighted by molar-refractivity contribution is 0.260. The monoisotopic (exact) mass is 291 g/mol. The first-order valence-corrected chi connectivity index (χ1v) is 8.17. The first-order valence-electron chi connectivity index (χ1n) is 8.17. The second-order valence-electron chi connectivity index (χ2n) is 6.62. The number of aromatic nitrogens is 1. The minimum atomic E-state index is -0.204. The van der Waals surface area contributed by atoms with Gasteiger partial charge in [-0.3, -0.25) is 9.69 Å². The Kier molecular flexibility index (Phi) is 5.22. The summed E-state index contributed by atoms with van der Waals surface area (Å²) in [5.41, 5.74) is 9.41. The highest BCUT2D eigenvalue weighted by molar-refractivity contribution is 5.30. The van der Waals surface area contributed by atoms with Gasteiger partial charge >= 0.3 is 0 Å². The van der Waals surface area contributed by atoms with E-state index in [1.807, 2.05) is 11.5 Å². The molecular formula is C17H29N3O. The Bertz CT molecular complexity index is 546. The van der Waals surface area contributed by atoms with Gasteiger partial charge in [-0.1, -0.05) is 20.8 Å². The zero-order valence-electron chi connectivity index (χ0n) is 13.9. The summed E-state index contributed by atoms with van der Waals surface area (Å²) < 4.78 is 2.00. The summed E-state index contributed by atoms with van der Waals surface area (Å²) in [4.78, 5) is 15.1. The van der Waals surface area contributed by atoms with Gasteiger partial charge in [0.1, 0.15) is 0 Å². The van der Waals surface area contributed by atoms with E-state index in [1.54, 1.807) is 0 Å². The molecule has 0 amide bonds. The van der Waals surface area contributed by atoms with E-state index in [0.717, 1.165) is 44.6 Å². The van der Waals surface area contributed by atoms with Gasteiger partial charge < -0.3 is 10.3 Å². The molecule has 0 saturated heterocycles. The predicted octanol–water partition coefficient (Wildman–Crippen LogP) is 2.29. The fourth-order valence-corrected chi connectivity index (χ4v) is 3.02. The smallest absolute Gasteiger partial charge is 0.255 e. The Balaban J connectivity index is 2.46. The molecule has 1 aliphatic rings. The lowest BCUT2D eigenvalue weighted by Crippen LogP contribution is -2.38. The summed E-state index contributed by atoms with van der Waals surface area (Å²) in [6.45, 7) is 12.3. The molecule has 0 spiro atoms. The third-order valence-electron chi connectivity index (χ3n) is 4.44. The van der Waals surface area contributed by atoms with Crippen molar-refractivity contribution in [2.75, 3.05) is 13.1 Å². The number of nitrogens with two attached hydrogens (primary N) is 1. The molecule has 0 aromatic carbocycles. The zero-order chi connectivity index (χ0) is 15.6. The van der Waals surface area contributed by atoms with Crippen LogP contribution in [-0.4, -0.2) is 22.6 Å². The molecule has 2 rings (SSSR count). The topological polar surface area (TPSA) is 51.3 Å². The Labute approximate surface area is 127 Å². The summed E-state index contributed by atoms with van der Waals surface area (Å²) in [7, 11) is 0. The lowest BCUT2D eigenvalue weighted by Gasteiger charge is -2.30. The number of likely N-dealkylation sites (N-methyl/N-ethyl adjacent to an activating group) is 1. The van der Waals surface area contributed by atoms with Crippen LogP contribution in [0.2, 0.25) is 0 Å². The molecule has 0 bridgehead atoms. The Morgan fingerprint density at radius 2 is 2.05 bits per heavy atom. The van der Waals surface area contributed by atoms with E-state index in [9.17, 15) is 4.79 Å². The average Bonchev–Trinajstić information content (AvgIpc) is 2.44. The molecule has 4 nitrogen and oxygen atoms in total. The molecule has 1 atom stereocenters. The van der Waals surface area contributed by atoms with Crippen molar-refractivity contribution in [1.29, 1.82) is 0 Å². The van der Waals surface area contributed by atoms with E-state index in [1.165, 1.54) is 11.3 Å². The first kappa shape index (κ1) is 16.2. The molecule has 0 fully saturated rings. The molecule has 1 unspecified atom stereocenters. The van der Waals surface area contributed by atoms with Crippen LogP contribution in [0.5, 0.6) is 0 Å². The lowest BCUT2D eigenvalue weighted by atomic mass is 9.99. The molecule has 0 aliphatic carbocycles. The number of hydrogen-bond donors (Lipinski definition) is 1. The first-order chi connectivity index (χ1) is 9.93. The minimum Gasteiger partial charge on any atom is -0.324 e. The summed E-state index contributed by atoms with van der Waals surface area (Å²) in [6.07, 6.45) is 2.00. The number of fused-ring (bicyclic) bond motifs is 1. The summed E-state index contributed by atoms with van der Waals surface area (Å²) in [6, 6.07) is 1.85. The van der Waals surface area contributed by atoms with Gasteiger partial charge in [-0.2, -0.15) is 0 Å². The highest BCUT2D eigenvalue weighted by Crippen LogP contribution is 2.21. The van der Waals surface area contributed by atoms with Gasteiger partial charge in [-0.15, -0.1) is 0 Å². The van der Waals surface area contributed by atoms with Crippen molar-refractivity contribution in [3.05, 3.63) is 33.2 Å². The minimum absolute atomic E-state index is 0.120. The van der Waals surface area contributed by atoms with E-state index in [4.69, 9.17) is 5.73 Å². The number of hydrogen-bond acceptors (Lipinski definition) is 3. The van der Waals surface area contributed by atoms with Gasteiger partial charge in [0.2, 0.25) is 0 Å². The Morgan fingerprint density at radius 1 is 1.33 bits per heavy atom. The number of pyridine rings is 1. The second kappa shape index (κ2) is 6.75. The maximum Gasteiger partial charge on any atom is 0.255 e. The van der Waals surface area contributed by atoms with Crippen LogP contribution in [0.4, 0.5) is 0 Å². The van der Waals surface area contributed by atoms with Gasteiger partial charge in [-0.25, -0.2) is 0 Å². The van der Waals surface area contributed by atoms with E-state index in [0.29, 0.717) is 5.92 Å². The predicted molar refractivity (Wildman–Crippen MR) is 87.4 cm³/mol. The van der Waals surface area contributed by atoms with Crippen LogP contribution in [-0.2, 0) is 19.5 Å². The third-order valence-corrected chi connectivity index (χ3v) is 4.44. The van der Waals surface area contributed by atoms with E-state index < -0.39 is 0 Å². The standard InChI is InChI=1S/C17H29N3O/c1-5-19-8-7-16-14(11-19)10-15(13(4)18)17(21)20(16)9-6-12(2)3/h10,12-13H,5-9,11,18H2,1-4H3. The normalized spacial score (nSPS) is 17.0. The van der Waals surface area contributed by atoms with E-state index in [-0.39, 0.29) is 11.6 Å². The van der Waals surface area contributed by atoms with Gasteiger partial charge in [0, 0.05) is 43.4 Å². The quantitative estimate of drug-likeness (QED) is 0.905. The molecule has 21 heavy (non-hydrogen) atoms. The zero-order valence-corrected chi connectivity index (χ0v) is 13.9. The molecule has 118 valence electrons. The third kappa shape index (κ3) is 3.55. The summed E-state index contributed by atoms with van der Waals surface area (Å²) >= 11 is 0. The van der Waals surface area contributed by atoms with Crippen LogP contribution in [0.1, 0.15) is 57.0 Å². The number of rotatable bonds is 5. The van der Waals surface area contributed by atoms with Crippen LogP contribution in [0, 0.1) is 5.92 Å². The molecule has 2 N–H and O–H groups in total. The molecule has 1 aliphatic heterocycles. The second-order valence-corrected chi connectivity index (χ2v) is 6.62. The molecule has 0 radical (unpaired) electrons. The van der Waals surface area contributed by atoms with Crippen molar-refractivity contribution >= 4 is 0 Å². The van der Waals surface area contributed by atoms with Crippen LogP contribution < -0.4 is 11.3 Å².